The molecule has 0 aliphatic heterocycles. The van der Waals surface area contributed by atoms with Gasteiger partial charge < -0.3 is 5.32 Å². The molecule has 0 aromatic heterocycles. The number of rotatable bonds is 2. The number of benzene rings is 1. The molecule has 0 spiro atoms. The summed E-state index contributed by atoms with van der Waals surface area (Å²) in [7, 11) is 0. The summed E-state index contributed by atoms with van der Waals surface area (Å²) in [6.07, 6.45) is 5.35. The Morgan fingerprint density at radius 2 is 2.12 bits per heavy atom. The standard InChI is InChI=1S/C14H19BrIN/c1-14(2)8-4-3-5-13(14)17-10-6-7-12(16)11(15)9-10/h6-7,9,13,17H,3-5,8H2,1-2H3. The molecule has 0 radical (unpaired) electrons. The maximum absolute atomic E-state index is 3.71. The molecule has 1 aliphatic carbocycles. The van der Waals surface area contributed by atoms with Gasteiger partial charge in [0.15, 0.2) is 0 Å². The molecule has 0 amide bonds. The molecule has 2 rings (SSSR count). The largest absolute Gasteiger partial charge is 0.382 e. The van der Waals surface area contributed by atoms with E-state index in [1.165, 1.54) is 39.4 Å². The fraction of sp³-hybridized carbons (Fsp3) is 0.571. The van der Waals surface area contributed by atoms with Gasteiger partial charge in [-0.1, -0.05) is 26.7 Å². The van der Waals surface area contributed by atoms with Crippen LogP contribution in [0.25, 0.3) is 0 Å². The molecule has 1 atom stereocenters. The summed E-state index contributed by atoms with van der Waals surface area (Å²) < 4.78 is 2.44. The van der Waals surface area contributed by atoms with Crippen LogP contribution in [0.2, 0.25) is 0 Å². The van der Waals surface area contributed by atoms with E-state index in [0.29, 0.717) is 11.5 Å². The Hall–Kier alpha value is 0.230. The molecule has 94 valence electrons. The second kappa shape index (κ2) is 5.47. The van der Waals surface area contributed by atoms with Crippen molar-refractivity contribution in [2.24, 2.45) is 5.41 Å². The van der Waals surface area contributed by atoms with Crippen molar-refractivity contribution >= 4 is 44.2 Å². The number of anilines is 1. The van der Waals surface area contributed by atoms with Crippen LogP contribution in [-0.4, -0.2) is 6.04 Å². The van der Waals surface area contributed by atoms with Gasteiger partial charge in [-0.05, 0) is 75.0 Å². The fourth-order valence-corrected chi connectivity index (χ4v) is 3.26. The third-order valence-electron chi connectivity index (χ3n) is 3.77. The number of hydrogen-bond acceptors (Lipinski definition) is 1. The Kier molecular flexibility index (Phi) is 4.40. The molecule has 3 heteroatoms. The van der Waals surface area contributed by atoms with Gasteiger partial charge in [0.2, 0.25) is 0 Å². The summed E-state index contributed by atoms with van der Waals surface area (Å²) in [6, 6.07) is 7.12. The predicted octanol–water partition coefficient (Wildman–Crippen LogP) is 5.43. The average Bonchev–Trinajstić information content (AvgIpc) is 2.26. The van der Waals surface area contributed by atoms with E-state index in [2.05, 4.69) is 75.9 Å². The van der Waals surface area contributed by atoms with Crippen LogP contribution in [0.3, 0.4) is 0 Å². The van der Waals surface area contributed by atoms with Gasteiger partial charge in [-0.15, -0.1) is 0 Å². The first-order valence-corrected chi connectivity index (χ1v) is 8.08. The van der Waals surface area contributed by atoms with Crippen LogP contribution in [0.1, 0.15) is 39.5 Å². The van der Waals surface area contributed by atoms with E-state index in [-0.39, 0.29) is 0 Å². The van der Waals surface area contributed by atoms with Crippen molar-refractivity contribution in [2.45, 2.75) is 45.6 Å². The highest BCUT2D eigenvalue weighted by Crippen LogP contribution is 2.37. The summed E-state index contributed by atoms with van der Waals surface area (Å²) in [4.78, 5) is 0. The number of halogens is 2. The molecule has 17 heavy (non-hydrogen) atoms. The highest BCUT2D eigenvalue weighted by molar-refractivity contribution is 14.1. The Morgan fingerprint density at radius 1 is 1.35 bits per heavy atom. The molecular weight excluding hydrogens is 389 g/mol. The molecule has 1 aromatic rings. The molecule has 0 bridgehead atoms. The highest BCUT2D eigenvalue weighted by Gasteiger charge is 2.31. The smallest absolute Gasteiger partial charge is 0.0354 e. The Bertz CT molecular complexity index is 403. The number of nitrogens with one attached hydrogen (secondary N) is 1. The van der Waals surface area contributed by atoms with Crippen molar-refractivity contribution in [1.82, 2.24) is 0 Å². The molecule has 1 fully saturated rings. The maximum atomic E-state index is 3.71. The van der Waals surface area contributed by atoms with Crippen LogP contribution in [-0.2, 0) is 0 Å². The molecule has 1 nitrogen and oxygen atoms in total. The molecule has 1 unspecified atom stereocenters. The molecule has 1 aromatic carbocycles. The normalized spacial score (nSPS) is 23.4. The second-order valence-corrected chi connectivity index (χ2v) is 7.58. The summed E-state index contributed by atoms with van der Waals surface area (Å²) in [5, 5.41) is 3.71. The lowest BCUT2D eigenvalue weighted by atomic mass is 9.73. The van der Waals surface area contributed by atoms with Crippen LogP contribution >= 0.6 is 38.5 Å². The van der Waals surface area contributed by atoms with E-state index >= 15 is 0 Å². The van der Waals surface area contributed by atoms with Gasteiger partial charge in [-0.3, -0.25) is 0 Å². The molecule has 0 saturated heterocycles. The summed E-state index contributed by atoms with van der Waals surface area (Å²) >= 11 is 5.94. The first-order valence-electron chi connectivity index (χ1n) is 6.21. The summed E-state index contributed by atoms with van der Waals surface area (Å²) in [5.74, 6) is 0. The van der Waals surface area contributed by atoms with E-state index in [9.17, 15) is 0 Å². The van der Waals surface area contributed by atoms with Crippen LogP contribution in [0.15, 0.2) is 22.7 Å². The fourth-order valence-electron chi connectivity index (χ4n) is 2.55. The average molecular weight is 408 g/mol. The third-order valence-corrected chi connectivity index (χ3v) is 6.11. The molecular formula is C14H19BrIN. The lowest BCUT2D eigenvalue weighted by molar-refractivity contribution is 0.217. The molecule has 1 N–H and O–H groups in total. The predicted molar refractivity (Wildman–Crippen MR) is 86.5 cm³/mol. The Labute approximate surface area is 126 Å². The summed E-state index contributed by atoms with van der Waals surface area (Å²) in [6.45, 7) is 4.76. The highest BCUT2D eigenvalue weighted by atomic mass is 127. The lowest BCUT2D eigenvalue weighted by Crippen LogP contribution is -2.38. The van der Waals surface area contributed by atoms with Crippen molar-refractivity contribution in [3.8, 4) is 0 Å². The topological polar surface area (TPSA) is 12.0 Å². The zero-order chi connectivity index (χ0) is 12.5. The maximum Gasteiger partial charge on any atom is 0.0354 e. The zero-order valence-electron chi connectivity index (χ0n) is 10.4. The van der Waals surface area contributed by atoms with Crippen molar-refractivity contribution in [3.05, 3.63) is 26.2 Å². The first kappa shape index (κ1) is 13.7. The first-order chi connectivity index (χ1) is 7.99. The van der Waals surface area contributed by atoms with Gasteiger partial charge in [-0.2, -0.15) is 0 Å². The van der Waals surface area contributed by atoms with E-state index in [1.807, 2.05) is 0 Å². The van der Waals surface area contributed by atoms with Crippen molar-refractivity contribution in [3.63, 3.8) is 0 Å². The minimum absolute atomic E-state index is 0.410. The van der Waals surface area contributed by atoms with Gasteiger partial charge >= 0.3 is 0 Å². The van der Waals surface area contributed by atoms with E-state index in [0.717, 1.165) is 0 Å². The lowest BCUT2D eigenvalue weighted by Gasteiger charge is -2.39. The third kappa shape index (κ3) is 3.37. The van der Waals surface area contributed by atoms with Crippen LogP contribution in [0, 0.1) is 8.99 Å². The number of hydrogen-bond donors (Lipinski definition) is 1. The van der Waals surface area contributed by atoms with Gasteiger partial charge in [0.1, 0.15) is 0 Å². The van der Waals surface area contributed by atoms with E-state index < -0.39 is 0 Å². The van der Waals surface area contributed by atoms with E-state index in [1.54, 1.807) is 0 Å². The van der Waals surface area contributed by atoms with E-state index in [4.69, 9.17) is 0 Å². The molecule has 1 saturated carbocycles. The van der Waals surface area contributed by atoms with Crippen molar-refractivity contribution in [1.29, 1.82) is 0 Å². The zero-order valence-corrected chi connectivity index (χ0v) is 14.1. The SMILES string of the molecule is CC1(C)CCCCC1Nc1ccc(I)c(Br)c1. The quantitative estimate of drug-likeness (QED) is 0.644. The Balaban J connectivity index is 2.11. The van der Waals surface area contributed by atoms with Crippen molar-refractivity contribution < 1.29 is 0 Å². The second-order valence-electron chi connectivity index (χ2n) is 5.56. The molecule has 0 heterocycles. The van der Waals surface area contributed by atoms with Crippen molar-refractivity contribution in [2.75, 3.05) is 5.32 Å². The van der Waals surface area contributed by atoms with Crippen LogP contribution < -0.4 is 5.32 Å². The van der Waals surface area contributed by atoms with Gasteiger partial charge in [0.05, 0.1) is 0 Å². The van der Waals surface area contributed by atoms with Crippen LogP contribution in [0.4, 0.5) is 5.69 Å². The minimum Gasteiger partial charge on any atom is -0.382 e. The Morgan fingerprint density at radius 3 is 2.76 bits per heavy atom. The van der Waals surface area contributed by atoms with Gasteiger partial charge in [0.25, 0.3) is 0 Å². The van der Waals surface area contributed by atoms with Gasteiger partial charge in [-0.25, -0.2) is 0 Å². The summed E-state index contributed by atoms with van der Waals surface area (Å²) in [5.41, 5.74) is 1.64. The van der Waals surface area contributed by atoms with Gasteiger partial charge in [0, 0.05) is 19.8 Å². The van der Waals surface area contributed by atoms with Crippen LogP contribution in [0.5, 0.6) is 0 Å². The minimum atomic E-state index is 0.410. The molecule has 1 aliphatic rings. The monoisotopic (exact) mass is 407 g/mol.